The second-order valence-electron chi connectivity index (χ2n) is 5.29. The van der Waals surface area contributed by atoms with Crippen LogP contribution in [0.5, 0.6) is 0 Å². The molecule has 0 aromatic carbocycles. The number of aromatic amines is 1. The standard InChI is InChI=1S/C16H22N2O4/c1-3-12-13(14(19)11-8-6-5-7-9-11)18(10-22-4-2)16(21)17-15(12)20/h8H,3-7,9-10H2,1-2H3,(H,17,20,21). The number of hydrogen-bond donors (Lipinski definition) is 1. The molecular formula is C16H22N2O4. The lowest BCUT2D eigenvalue weighted by Crippen LogP contribution is -2.38. The molecule has 1 N–H and O–H groups in total. The Hall–Kier alpha value is -1.95. The highest BCUT2D eigenvalue weighted by atomic mass is 16.5. The van der Waals surface area contributed by atoms with E-state index in [9.17, 15) is 14.4 Å². The first kappa shape index (κ1) is 16.4. The van der Waals surface area contributed by atoms with Crippen LogP contribution in [-0.2, 0) is 17.9 Å². The van der Waals surface area contributed by atoms with Crippen LogP contribution in [0, 0.1) is 0 Å². The van der Waals surface area contributed by atoms with E-state index in [0.29, 0.717) is 30.6 Å². The minimum absolute atomic E-state index is 0.0343. The molecular weight excluding hydrogens is 284 g/mol. The molecule has 0 aliphatic heterocycles. The van der Waals surface area contributed by atoms with Crippen molar-refractivity contribution in [2.45, 2.75) is 52.7 Å². The van der Waals surface area contributed by atoms with E-state index in [1.165, 1.54) is 4.57 Å². The Morgan fingerprint density at radius 1 is 1.32 bits per heavy atom. The number of nitrogens with one attached hydrogen (secondary N) is 1. The monoisotopic (exact) mass is 306 g/mol. The van der Waals surface area contributed by atoms with Crippen molar-refractivity contribution in [1.82, 2.24) is 9.55 Å². The zero-order chi connectivity index (χ0) is 16.1. The van der Waals surface area contributed by atoms with Gasteiger partial charge in [0.05, 0.1) is 0 Å². The van der Waals surface area contributed by atoms with Crippen LogP contribution in [0.1, 0.15) is 55.6 Å². The van der Waals surface area contributed by atoms with Crippen LogP contribution in [0.25, 0.3) is 0 Å². The Bertz CT molecular complexity index is 697. The van der Waals surface area contributed by atoms with Gasteiger partial charge in [-0.2, -0.15) is 0 Å². The van der Waals surface area contributed by atoms with Gasteiger partial charge in [0, 0.05) is 12.2 Å². The summed E-state index contributed by atoms with van der Waals surface area (Å²) in [4.78, 5) is 39.2. The zero-order valence-corrected chi connectivity index (χ0v) is 13.1. The average molecular weight is 306 g/mol. The number of H-pyrrole nitrogens is 1. The second kappa shape index (κ2) is 7.35. The lowest BCUT2D eigenvalue weighted by molar-refractivity contribution is 0.0782. The lowest BCUT2D eigenvalue weighted by Gasteiger charge is -2.17. The zero-order valence-electron chi connectivity index (χ0n) is 13.1. The highest BCUT2D eigenvalue weighted by Gasteiger charge is 2.23. The molecule has 0 bridgehead atoms. The number of ether oxygens (including phenoxy) is 1. The predicted octanol–water partition coefficient (Wildman–Crippen LogP) is 1.78. The maximum Gasteiger partial charge on any atom is 0.330 e. The Balaban J connectivity index is 2.59. The number of Topliss-reactive ketones (excluding diaryl/α,β-unsaturated/α-hetero) is 1. The first-order valence-electron chi connectivity index (χ1n) is 7.77. The molecule has 1 aliphatic carbocycles. The van der Waals surface area contributed by atoms with Gasteiger partial charge in [0.2, 0.25) is 5.78 Å². The molecule has 120 valence electrons. The summed E-state index contributed by atoms with van der Waals surface area (Å²) in [5.74, 6) is -0.223. The largest absolute Gasteiger partial charge is 0.361 e. The first-order valence-corrected chi connectivity index (χ1v) is 7.77. The number of rotatable bonds is 6. The van der Waals surface area contributed by atoms with Crippen molar-refractivity contribution < 1.29 is 9.53 Å². The fraction of sp³-hybridized carbons (Fsp3) is 0.562. The topological polar surface area (TPSA) is 81.2 Å². The molecule has 0 amide bonds. The third-order valence-electron chi connectivity index (χ3n) is 3.87. The summed E-state index contributed by atoms with van der Waals surface area (Å²) in [6.07, 6.45) is 5.88. The molecule has 0 fully saturated rings. The highest BCUT2D eigenvalue weighted by molar-refractivity contribution is 6.08. The van der Waals surface area contributed by atoms with E-state index in [2.05, 4.69) is 4.98 Å². The molecule has 0 saturated heterocycles. The van der Waals surface area contributed by atoms with Crippen molar-refractivity contribution >= 4 is 5.78 Å². The summed E-state index contributed by atoms with van der Waals surface area (Å²) < 4.78 is 6.52. The molecule has 0 saturated carbocycles. The second-order valence-corrected chi connectivity index (χ2v) is 5.29. The maximum atomic E-state index is 12.8. The predicted molar refractivity (Wildman–Crippen MR) is 83.2 cm³/mol. The van der Waals surface area contributed by atoms with Gasteiger partial charge >= 0.3 is 5.69 Å². The van der Waals surface area contributed by atoms with E-state index in [1.54, 1.807) is 6.92 Å². The fourth-order valence-electron chi connectivity index (χ4n) is 2.70. The van der Waals surface area contributed by atoms with Crippen molar-refractivity contribution in [2.24, 2.45) is 0 Å². The summed E-state index contributed by atoms with van der Waals surface area (Å²) in [6, 6.07) is 0. The number of nitrogens with zero attached hydrogens (tertiary/aromatic N) is 1. The van der Waals surface area contributed by atoms with Crippen LogP contribution in [0.2, 0.25) is 0 Å². The average Bonchev–Trinajstić information content (AvgIpc) is 2.53. The van der Waals surface area contributed by atoms with Gasteiger partial charge in [0.1, 0.15) is 12.4 Å². The van der Waals surface area contributed by atoms with E-state index in [-0.39, 0.29) is 18.2 Å². The molecule has 1 aromatic heterocycles. The van der Waals surface area contributed by atoms with E-state index >= 15 is 0 Å². The summed E-state index contributed by atoms with van der Waals surface area (Å²) in [6.45, 7) is 3.99. The van der Waals surface area contributed by atoms with Crippen molar-refractivity contribution in [3.63, 3.8) is 0 Å². The number of hydrogen-bond acceptors (Lipinski definition) is 4. The van der Waals surface area contributed by atoms with Crippen LogP contribution in [0.3, 0.4) is 0 Å². The molecule has 22 heavy (non-hydrogen) atoms. The van der Waals surface area contributed by atoms with Crippen LogP contribution >= 0.6 is 0 Å². The number of ketones is 1. The third-order valence-corrected chi connectivity index (χ3v) is 3.87. The highest BCUT2D eigenvalue weighted by Crippen LogP contribution is 2.22. The minimum atomic E-state index is -0.601. The quantitative estimate of drug-likeness (QED) is 0.812. The minimum Gasteiger partial charge on any atom is -0.361 e. The SMILES string of the molecule is CCOCn1c(C(=O)C2=CCCCC2)c(CC)c(=O)[nH]c1=O. The van der Waals surface area contributed by atoms with Crippen LogP contribution in [0.4, 0.5) is 0 Å². The lowest BCUT2D eigenvalue weighted by atomic mass is 9.93. The van der Waals surface area contributed by atoms with Gasteiger partial charge < -0.3 is 4.74 Å². The first-order chi connectivity index (χ1) is 10.6. The van der Waals surface area contributed by atoms with Crippen LogP contribution in [0.15, 0.2) is 21.2 Å². The van der Waals surface area contributed by atoms with E-state index in [1.807, 2.05) is 13.0 Å². The summed E-state index contributed by atoms with van der Waals surface area (Å²) >= 11 is 0. The number of carbonyl (C=O) groups excluding carboxylic acids is 1. The van der Waals surface area contributed by atoms with Gasteiger partial charge in [0.25, 0.3) is 5.56 Å². The van der Waals surface area contributed by atoms with E-state index in [4.69, 9.17) is 4.74 Å². The molecule has 0 spiro atoms. The normalized spacial score (nSPS) is 14.7. The Labute approximate surface area is 128 Å². The summed E-state index contributed by atoms with van der Waals surface area (Å²) in [5.41, 5.74) is 0.125. The molecule has 6 heteroatoms. The molecule has 0 radical (unpaired) electrons. The van der Waals surface area contributed by atoms with E-state index in [0.717, 1.165) is 19.3 Å². The molecule has 1 aliphatic rings. The van der Waals surface area contributed by atoms with Gasteiger partial charge in [-0.1, -0.05) is 13.0 Å². The van der Waals surface area contributed by atoms with Gasteiger partial charge in [-0.25, -0.2) is 4.79 Å². The van der Waals surface area contributed by atoms with Crippen molar-refractivity contribution in [3.05, 3.63) is 43.7 Å². The molecule has 0 atom stereocenters. The summed E-state index contributed by atoms with van der Waals surface area (Å²) in [5, 5.41) is 0. The Morgan fingerprint density at radius 3 is 2.68 bits per heavy atom. The van der Waals surface area contributed by atoms with Gasteiger partial charge in [-0.05, 0) is 44.6 Å². The molecule has 6 nitrogen and oxygen atoms in total. The number of carbonyl (C=O) groups is 1. The maximum absolute atomic E-state index is 12.8. The van der Waals surface area contributed by atoms with Gasteiger partial charge in [-0.3, -0.25) is 19.1 Å². The van der Waals surface area contributed by atoms with Crippen LogP contribution in [-0.4, -0.2) is 21.9 Å². The van der Waals surface area contributed by atoms with Crippen molar-refractivity contribution in [1.29, 1.82) is 0 Å². The van der Waals surface area contributed by atoms with Crippen LogP contribution < -0.4 is 11.2 Å². The van der Waals surface area contributed by atoms with Gasteiger partial charge in [0.15, 0.2) is 0 Å². The Morgan fingerprint density at radius 2 is 2.09 bits per heavy atom. The molecule has 1 heterocycles. The van der Waals surface area contributed by atoms with Crippen molar-refractivity contribution in [2.75, 3.05) is 6.61 Å². The summed E-state index contributed by atoms with van der Waals surface area (Å²) in [7, 11) is 0. The van der Waals surface area contributed by atoms with E-state index < -0.39 is 11.2 Å². The fourth-order valence-corrected chi connectivity index (χ4v) is 2.70. The number of aromatic nitrogens is 2. The van der Waals surface area contributed by atoms with Crippen molar-refractivity contribution in [3.8, 4) is 0 Å². The van der Waals surface area contributed by atoms with Gasteiger partial charge in [-0.15, -0.1) is 0 Å². The third kappa shape index (κ3) is 3.27. The molecule has 1 aromatic rings. The Kier molecular flexibility index (Phi) is 5.49. The molecule has 0 unspecified atom stereocenters. The molecule has 2 rings (SSSR count). The smallest absolute Gasteiger partial charge is 0.330 e. The number of allylic oxidation sites excluding steroid dienone is 2.